The smallest absolute Gasteiger partial charge is 0.295 e. The number of hydrogen-bond donors (Lipinski definition) is 1. The summed E-state index contributed by atoms with van der Waals surface area (Å²) in [5, 5.41) is 17.3. The van der Waals surface area contributed by atoms with Gasteiger partial charge >= 0.3 is 0 Å². The Kier molecular flexibility index (Phi) is 3.22. The summed E-state index contributed by atoms with van der Waals surface area (Å²) in [7, 11) is 0. The van der Waals surface area contributed by atoms with E-state index in [4.69, 9.17) is 8.94 Å². The molecule has 1 aromatic carbocycles. The third-order valence-corrected chi connectivity index (χ3v) is 2.77. The molecule has 0 spiro atoms. The zero-order valence-corrected chi connectivity index (χ0v) is 11.1. The maximum atomic E-state index is 10.7. The lowest BCUT2D eigenvalue weighted by molar-refractivity contribution is -0.384. The van der Waals surface area contributed by atoms with Crippen LogP contribution in [0, 0.1) is 17.0 Å². The van der Waals surface area contributed by atoms with Crippen molar-refractivity contribution in [1.29, 1.82) is 0 Å². The molecule has 3 rings (SSSR count). The van der Waals surface area contributed by atoms with Crippen LogP contribution in [0.3, 0.4) is 0 Å². The summed E-state index contributed by atoms with van der Waals surface area (Å²) in [6, 6.07) is 4.57. The Labute approximate surface area is 118 Å². The molecule has 2 heterocycles. The number of non-ortho nitro benzene ring substituents is 1. The van der Waals surface area contributed by atoms with Crippen LogP contribution in [0.25, 0.3) is 11.1 Å². The highest BCUT2D eigenvalue weighted by molar-refractivity contribution is 5.77. The van der Waals surface area contributed by atoms with E-state index in [-0.39, 0.29) is 5.69 Å². The molecule has 0 amide bonds. The molecule has 0 unspecified atom stereocenters. The summed E-state index contributed by atoms with van der Waals surface area (Å²) in [4.78, 5) is 18.5. The number of oxazole rings is 1. The first-order chi connectivity index (χ1) is 10.1. The van der Waals surface area contributed by atoms with Crippen LogP contribution in [-0.4, -0.2) is 26.6 Å². The highest BCUT2D eigenvalue weighted by Crippen LogP contribution is 2.23. The highest BCUT2D eigenvalue weighted by Gasteiger charge is 2.11. The Balaban J connectivity index is 1.68. The molecule has 21 heavy (non-hydrogen) atoms. The van der Waals surface area contributed by atoms with Crippen molar-refractivity contribution in [3.8, 4) is 0 Å². The Morgan fingerprint density at radius 1 is 1.38 bits per heavy atom. The molecular weight excluding hydrogens is 278 g/mol. The third-order valence-electron chi connectivity index (χ3n) is 2.77. The molecule has 0 saturated heterocycles. The zero-order valence-electron chi connectivity index (χ0n) is 11.1. The van der Waals surface area contributed by atoms with Crippen LogP contribution < -0.4 is 5.32 Å². The summed E-state index contributed by atoms with van der Waals surface area (Å²) in [6.45, 7) is 2.24. The molecular formula is C12H11N5O4. The van der Waals surface area contributed by atoms with Gasteiger partial charge in [-0.1, -0.05) is 5.16 Å². The summed E-state index contributed by atoms with van der Waals surface area (Å²) in [5.41, 5.74) is 0.878. The van der Waals surface area contributed by atoms with Gasteiger partial charge in [-0.2, -0.15) is 9.97 Å². The lowest BCUT2D eigenvalue weighted by Gasteiger charge is -1.96. The van der Waals surface area contributed by atoms with Crippen molar-refractivity contribution < 1.29 is 13.9 Å². The number of anilines is 1. The molecule has 1 N–H and O–H groups in total. The first-order valence-corrected chi connectivity index (χ1v) is 6.20. The van der Waals surface area contributed by atoms with E-state index in [2.05, 4.69) is 20.4 Å². The van der Waals surface area contributed by atoms with Crippen molar-refractivity contribution in [2.45, 2.75) is 13.3 Å². The van der Waals surface area contributed by atoms with E-state index in [1.165, 1.54) is 12.1 Å². The van der Waals surface area contributed by atoms with Gasteiger partial charge in [0.2, 0.25) is 5.89 Å². The fourth-order valence-corrected chi connectivity index (χ4v) is 1.82. The second kappa shape index (κ2) is 5.19. The molecule has 0 saturated carbocycles. The highest BCUT2D eigenvalue weighted by atomic mass is 16.6. The lowest BCUT2D eigenvalue weighted by Crippen LogP contribution is -2.05. The predicted molar refractivity (Wildman–Crippen MR) is 71.9 cm³/mol. The molecule has 3 aromatic rings. The quantitative estimate of drug-likeness (QED) is 0.559. The predicted octanol–water partition coefficient (Wildman–Crippen LogP) is 2.08. The number of nitrogens with zero attached hydrogens (tertiary/aromatic N) is 4. The summed E-state index contributed by atoms with van der Waals surface area (Å²) < 4.78 is 10.4. The topological polar surface area (TPSA) is 120 Å². The Hall–Kier alpha value is -2.97. The average molecular weight is 289 g/mol. The van der Waals surface area contributed by atoms with Crippen LogP contribution in [0.15, 0.2) is 27.1 Å². The second-order valence-electron chi connectivity index (χ2n) is 4.34. The summed E-state index contributed by atoms with van der Waals surface area (Å²) >= 11 is 0. The zero-order chi connectivity index (χ0) is 14.8. The molecule has 0 fully saturated rings. The number of benzene rings is 1. The molecule has 0 atom stereocenters. The molecule has 2 aromatic heterocycles. The van der Waals surface area contributed by atoms with Crippen LogP contribution in [-0.2, 0) is 6.42 Å². The number of rotatable bonds is 5. The van der Waals surface area contributed by atoms with Crippen LogP contribution in [0.2, 0.25) is 0 Å². The van der Waals surface area contributed by atoms with E-state index in [9.17, 15) is 10.1 Å². The minimum atomic E-state index is -0.479. The van der Waals surface area contributed by atoms with Crippen molar-refractivity contribution in [2.75, 3.05) is 11.9 Å². The third kappa shape index (κ3) is 2.81. The fourth-order valence-electron chi connectivity index (χ4n) is 1.82. The van der Waals surface area contributed by atoms with Gasteiger partial charge in [-0.25, -0.2) is 0 Å². The van der Waals surface area contributed by atoms with E-state index < -0.39 is 4.92 Å². The number of aryl methyl sites for hydroxylation is 1. The van der Waals surface area contributed by atoms with E-state index in [0.29, 0.717) is 41.8 Å². The number of hydrogen-bond acceptors (Lipinski definition) is 8. The molecule has 0 aliphatic rings. The minimum Gasteiger partial charge on any atom is -0.423 e. The van der Waals surface area contributed by atoms with Gasteiger partial charge < -0.3 is 14.3 Å². The van der Waals surface area contributed by atoms with Gasteiger partial charge in [0, 0.05) is 19.0 Å². The van der Waals surface area contributed by atoms with Crippen molar-refractivity contribution in [3.05, 3.63) is 40.0 Å². The molecule has 9 nitrogen and oxygen atoms in total. The van der Waals surface area contributed by atoms with Crippen LogP contribution in [0.1, 0.15) is 11.7 Å². The van der Waals surface area contributed by atoms with Crippen molar-refractivity contribution in [3.63, 3.8) is 0 Å². The lowest BCUT2D eigenvalue weighted by atomic mass is 10.3. The normalized spacial score (nSPS) is 10.9. The fraction of sp³-hybridized carbons (Fsp3) is 0.250. The number of fused-ring (bicyclic) bond motifs is 1. The van der Waals surface area contributed by atoms with Crippen molar-refractivity contribution in [2.24, 2.45) is 0 Å². The number of nitro groups is 1. The van der Waals surface area contributed by atoms with Gasteiger partial charge in [0.15, 0.2) is 11.4 Å². The monoisotopic (exact) mass is 289 g/mol. The van der Waals surface area contributed by atoms with E-state index in [0.717, 1.165) is 0 Å². The van der Waals surface area contributed by atoms with Gasteiger partial charge in [0.1, 0.15) is 5.52 Å². The molecule has 9 heteroatoms. The minimum absolute atomic E-state index is 0.0356. The van der Waals surface area contributed by atoms with Gasteiger partial charge in [0.25, 0.3) is 11.7 Å². The Morgan fingerprint density at radius 2 is 2.24 bits per heavy atom. The SMILES string of the molecule is Cc1noc(CCNc2nc3ccc([N+](=O)[O-])cc3o2)n1. The average Bonchev–Trinajstić information content (AvgIpc) is 3.03. The second-order valence-corrected chi connectivity index (χ2v) is 4.34. The van der Waals surface area contributed by atoms with Crippen LogP contribution >= 0.6 is 0 Å². The van der Waals surface area contributed by atoms with Gasteiger partial charge in [-0.05, 0) is 13.0 Å². The first-order valence-electron chi connectivity index (χ1n) is 6.20. The molecule has 0 radical (unpaired) electrons. The van der Waals surface area contributed by atoms with E-state index in [1.54, 1.807) is 13.0 Å². The van der Waals surface area contributed by atoms with Crippen molar-refractivity contribution >= 4 is 22.8 Å². The maximum absolute atomic E-state index is 10.7. The van der Waals surface area contributed by atoms with E-state index in [1.807, 2.05) is 0 Å². The Morgan fingerprint density at radius 3 is 2.95 bits per heavy atom. The maximum Gasteiger partial charge on any atom is 0.295 e. The van der Waals surface area contributed by atoms with Gasteiger partial charge in [-0.3, -0.25) is 10.1 Å². The van der Waals surface area contributed by atoms with E-state index >= 15 is 0 Å². The molecule has 108 valence electrons. The van der Waals surface area contributed by atoms with Crippen molar-refractivity contribution in [1.82, 2.24) is 15.1 Å². The molecule has 0 aliphatic heterocycles. The van der Waals surface area contributed by atoms with Gasteiger partial charge in [0.05, 0.1) is 11.0 Å². The Bertz CT molecular complexity index is 794. The van der Waals surface area contributed by atoms with Gasteiger partial charge in [-0.15, -0.1) is 0 Å². The standard InChI is InChI=1S/C12H11N5O4/c1-7-14-11(21-16-7)4-5-13-12-15-9-3-2-8(17(18)19)6-10(9)20-12/h2-3,6H,4-5H2,1H3,(H,13,15). The number of aromatic nitrogens is 3. The molecule has 0 bridgehead atoms. The van der Waals surface area contributed by atoms with Crippen LogP contribution in [0.5, 0.6) is 0 Å². The summed E-state index contributed by atoms with van der Waals surface area (Å²) in [6.07, 6.45) is 0.527. The summed E-state index contributed by atoms with van der Waals surface area (Å²) in [5.74, 6) is 1.10. The molecule has 0 aliphatic carbocycles. The number of nitro benzene ring substituents is 1. The van der Waals surface area contributed by atoms with Crippen LogP contribution in [0.4, 0.5) is 11.7 Å². The largest absolute Gasteiger partial charge is 0.423 e. The number of nitrogens with one attached hydrogen (secondary N) is 1. The first kappa shape index (κ1) is 13.0.